The first kappa shape index (κ1) is 27.0. The molecule has 4 nitrogen and oxygen atoms in total. The Hall–Kier alpha value is -3.54. The molecule has 2 aromatic heterocycles. The van der Waals surface area contributed by atoms with Crippen molar-refractivity contribution in [2.45, 2.75) is 90.3 Å². The fourth-order valence-electron chi connectivity index (χ4n) is 7.35. The van der Waals surface area contributed by atoms with Crippen LogP contribution in [0, 0.1) is 0 Å². The second kappa shape index (κ2) is 8.55. The molecule has 3 heterocycles. The highest BCUT2D eigenvalue weighted by Gasteiger charge is 2.51. The number of furan rings is 1. The minimum atomic E-state index is -0.420. The van der Waals surface area contributed by atoms with Gasteiger partial charge < -0.3 is 18.3 Å². The summed E-state index contributed by atoms with van der Waals surface area (Å²) in [6.07, 6.45) is 2.40. The largest absolute Gasteiger partial charge is 0.494 e. The van der Waals surface area contributed by atoms with E-state index in [0.717, 1.165) is 33.1 Å². The molecule has 0 unspecified atom stereocenters. The Morgan fingerprint density at radius 2 is 1.19 bits per heavy atom. The first-order valence-electron chi connectivity index (χ1n) is 15.7. The van der Waals surface area contributed by atoms with E-state index >= 15 is 0 Å². The van der Waals surface area contributed by atoms with Gasteiger partial charge in [-0.2, -0.15) is 0 Å². The van der Waals surface area contributed by atoms with Gasteiger partial charge in [-0.3, -0.25) is 0 Å². The normalized spacial score (nSPS) is 20.4. The number of aromatic nitrogens is 1. The van der Waals surface area contributed by atoms with E-state index in [1.165, 1.54) is 45.8 Å². The summed E-state index contributed by atoms with van der Waals surface area (Å²) in [5.74, 6) is 0. The summed E-state index contributed by atoms with van der Waals surface area (Å²) in [6, 6.07) is 26.7. The molecule has 1 aliphatic carbocycles. The molecule has 8 rings (SSSR count). The van der Waals surface area contributed by atoms with E-state index in [0.29, 0.717) is 0 Å². The molecule has 0 spiro atoms. The molecule has 1 saturated heterocycles. The molecule has 5 heteroatoms. The second-order valence-electron chi connectivity index (χ2n) is 15.2. The van der Waals surface area contributed by atoms with Gasteiger partial charge >= 0.3 is 7.12 Å². The predicted molar refractivity (Wildman–Crippen MR) is 179 cm³/mol. The highest BCUT2D eigenvalue weighted by Crippen LogP contribution is 2.48. The maximum atomic E-state index is 6.55. The van der Waals surface area contributed by atoms with Crippen LogP contribution >= 0.6 is 0 Å². The van der Waals surface area contributed by atoms with E-state index < -0.39 is 7.12 Å². The lowest BCUT2D eigenvalue weighted by molar-refractivity contribution is 0.00578. The quantitative estimate of drug-likeness (QED) is 0.195. The lowest BCUT2D eigenvalue weighted by Gasteiger charge is -2.42. The highest BCUT2D eigenvalue weighted by molar-refractivity contribution is 6.62. The molecule has 0 amide bonds. The zero-order valence-corrected chi connectivity index (χ0v) is 26.6. The van der Waals surface area contributed by atoms with Gasteiger partial charge in [0.15, 0.2) is 0 Å². The van der Waals surface area contributed by atoms with Gasteiger partial charge in [0.05, 0.1) is 22.2 Å². The van der Waals surface area contributed by atoms with Crippen LogP contribution in [-0.2, 0) is 20.1 Å². The lowest BCUT2D eigenvalue weighted by atomic mass is 9.63. The summed E-state index contributed by atoms with van der Waals surface area (Å²) in [5.41, 5.74) is 8.77. The van der Waals surface area contributed by atoms with Crippen LogP contribution in [-0.4, -0.2) is 22.9 Å². The van der Waals surface area contributed by atoms with Crippen LogP contribution in [0.1, 0.15) is 79.4 Å². The van der Waals surface area contributed by atoms with Gasteiger partial charge in [-0.1, -0.05) is 58.0 Å². The van der Waals surface area contributed by atoms with Crippen molar-refractivity contribution >= 4 is 56.3 Å². The van der Waals surface area contributed by atoms with Gasteiger partial charge in [0.2, 0.25) is 0 Å². The number of rotatable bonds is 2. The maximum absolute atomic E-state index is 6.55. The minimum absolute atomic E-state index is 0.137. The first-order valence-corrected chi connectivity index (χ1v) is 15.7. The Kier molecular flexibility index (Phi) is 5.38. The maximum Gasteiger partial charge on any atom is 0.494 e. The topological polar surface area (TPSA) is 36.5 Å². The average molecular weight is 570 g/mol. The fourth-order valence-corrected chi connectivity index (χ4v) is 7.35. The van der Waals surface area contributed by atoms with Crippen molar-refractivity contribution < 1.29 is 13.7 Å². The zero-order valence-electron chi connectivity index (χ0n) is 26.6. The molecule has 0 radical (unpaired) electrons. The predicted octanol–water partition coefficient (Wildman–Crippen LogP) is 9.33. The van der Waals surface area contributed by atoms with Crippen molar-refractivity contribution in [2.24, 2.45) is 0 Å². The second-order valence-corrected chi connectivity index (χ2v) is 15.2. The molecule has 2 aliphatic rings. The smallest absolute Gasteiger partial charge is 0.456 e. The van der Waals surface area contributed by atoms with Crippen molar-refractivity contribution in [1.82, 2.24) is 4.57 Å². The molecular weight excluding hydrogens is 529 g/mol. The Bertz CT molecular complexity index is 2090. The molecule has 0 atom stereocenters. The number of nitrogens with zero attached hydrogens (tertiary/aromatic N) is 1. The monoisotopic (exact) mass is 569 g/mol. The van der Waals surface area contributed by atoms with E-state index in [9.17, 15) is 0 Å². The molecule has 1 fully saturated rings. The third-order valence-corrected chi connectivity index (χ3v) is 10.9. The van der Waals surface area contributed by atoms with Gasteiger partial charge in [0, 0.05) is 33.3 Å². The highest BCUT2D eigenvalue weighted by atomic mass is 16.7. The van der Waals surface area contributed by atoms with Gasteiger partial charge in [0.25, 0.3) is 0 Å². The summed E-state index contributed by atoms with van der Waals surface area (Å²) in [7, 11) is -0.420. The minimum Gasteiger partial charge on any atom is -0.456 e. The molecule has 0 saturated carbocycles. The fraction of sp³-hybridized carbons (Fsp3) is 0.368. The third kappa shape index (κ3) is 3.84. The Morgan fingerprint density at radius 3 is 1.88 bits per heavy atom. The van der Waals surface area contributed by atoms with Gasteiger partial charge in [0.1, 0.15) is 11.2 Å². The number of hydrogen-bond acceptors (Lipinski definition) is 3. The molecule has 6 aromatic rings. The van der Waals surface area contributed by atoms with Crippen LogP contribution in [0.5, 0.6) is 0 Å². The third-order valence-electron chi connectivity index (χ3n) is 10.9. The molecule has 43 heavy (non-hydrogen) atoms. The summed E-state index contributed by atoms with van der Waals surface area (Å²) >= 11 is 0. The van der Waals surface area contributed by atoms with Crippen LogP contribution in [0.4, 0.5) is 0 Å². The van der Waals surface area contributed by atoms with Crippen LogP contribution in [0.15, 0.2) is 77.2 Å². The van der Waals surface area contributed by atoms with Crippen molar-refractivity contribution in [3.63, 3.8) is 0 Å². The number of benzene rings is 4. The van der Waals surface area contributed by atoms with Crippen LogP contribution in [0.2, 0.25) is 0 Å². The number of fused-ring (bicyclic) bond motifs is 7. The Balaban J connectivity index is 1.30. The molecular formula is C38H40BNO3. The van der Waals surface area contributed by atoms with Crippen molar-refractivity contribution in [1.29, 1.82) is 0 Å². The summed E-state index contributed by atoms with van der Waals surface area (Å²) in [4.78, 5) is 0. The average Bonchev–Trinajstić information content (AvgIpc) is 3.55. The van der Waals surface area contributed by atoms with Gasteiger partial charge in [-0.05, 0) is 104 Å². The summed E-state index contributed by atoms with van der Waals surface area (Å²) < 4.78 is 21.6. The molecule has 218 valence electrons. The van der Waals surface area contributed by atoms with E-state index in [2.05, 4.69) is 133 Å². The number of hydrogen-bond donors (Lipinski definition) is 0. The zero-order chi connectivity index (χ0) is 30.1. The van der Waals surface area contributed by atoms with E-state index in [-0.39, 0.29) is 22.0 Å². The Labute approximate surface area is 254 Å². The summed E-state index contributed by atoms with van der Waals surface area (Å²) in [5, 5.41) is 4.82. The molecule has 1 aliphatic heterocycles. The first-order chi connectivity index (χ1) is 20.3. The van der Waals surface area contributed by atoms with Crippen molar-refractivity contribution in [3.8, 4) is 5.69 Å². The van der Waals surface area contributed by atoms with Crippen LogP contribution in [0.3, 0.4) is 0 Å². The van der Waals surface area contributed by atoms with Crippen LogP contribution in [0.25, 0.3) is 49.4 Å². The van der Waals surface area contributed by atoms with E-state index in [1.807, 2.05) is 0 Å². The molecule has 0 N–H and O–H groups in total. The van der Waals surface area contributed by atoms with E-state index in [1.54, 1.807) is 0 Å². The number of para-hydroxylation sites is 1. The lowest BCUT2D eigenvalue weighted by Crippen LogP contribution is -2.41. The standard InChI is InChI=1S/C38H40BNO3/c1-35(2)17-18-36(3,4)30-22-32-28(21-29(30)35)25-11-9-10-12-31(25)40(32)24-14-16-27-26-15-13-23(19-33(26)41-34(27)20-24)39-42-37(5,6)38(7,8)43-39/h9-16,19-22H,17-18H2,1-8H3. The van der Waals surface area contributed by atoms with Gasteiger partial charge in [-0.15, -0.1) is 0 Å². The Morgan fingerprint density at radius 1 is 0.581 bits per heavy atom. The van der Waals surface area contributed by atoms with Gasteiger partial charge in [-0.25, -0.2) is 0 Å². The van der Waals surface area contributed by atoms with Crippen LogP contribution < -0.4 is 5.46 Å². The molecule has 0 bridgehead atoms. The molecule has 4 aromatic carbocycles. The van der Waals surface area contributed by atoms with E-state index in [4.69, 9.17) is 13.7 Å². The van der Waals surface area contributed by atoms with Crippen molar-refractivity contribution in [3.05, 3.63) is 83.9 Å². The van der Waals surface area contributed by atoms with Crippen molar-refractivity contribution in [2.75, 3.05) is 0 Å². The summed E-state index contributed by atoms with van der Waals surface area (Å²) in [6.45, 7) is 17.9. The SMILES string of the molecule is CC1(C)CCC(C)(C)c2cc3c(cc21)c1ccccc1n3-c1ccc2c(c1)oc1cc(B3OC(C)(C)C(C)(C)O3)ccc12.